The largest absolute Gasteiger partial charge is 0.388 e. The van der Waals surface area contributed by atoms with Gasteiger partial charge in [-0.25, -0.2) is 4.79 Å². The van der Waals surface area contributed by atoms with E-state index in [1.54, 1.807) is 30.3 Å². The lowest BCUT2D eigenvalue weighted by molar-refractivity contribution is -0.246. The number of hydrogen-bond donors (Lipinski definition) is 3. The van der Waals surface area contributed by atoms with Crippen molar-refractivity contribution in [2.75, 3.05) is 14.1 Å². The first-order valence-electron chi connectivity index (χ1n) is 8.96. The smallest absolute Gasteiger partial charge is 0.332 e. The van der Waals surface area contributed by atoms with E-state index in [1.807, 2.05) is 0 Å². The minimum absolute atomic E-state index is 0.148. The van der Waals surface area contributed by atoms with Crippen molar-refractivity contribution < 1.29 is 34.4 Å². The third-order valence-electron chi connectivity index (χ3n) is 5.61. The minimum Gasteiger partial charge on any atom is -0.388 e. The first-order chi connectivity index (χ1) is 13.1. The van der Waals surface area contributed by atoms with Gasteiger partial charge in [0, 0.05) is 14.1 Å². The van der Waals surface area contributed by atoms with Gasteiger partial charge >= 0.3 is 6.03 Å². The molecular weight excluding hydrogens is 368 g/mol. The molecule has 1 unspecified atom stereocenters. The molecule has 5 atom stereocenters. The summed E-state index contributed by atoms with van der Waals surface area (Å²) in [7, 11) is 2.49. The second kappa shape index (κ2) is 7.25. The summed E-state index contributed by atoms with van der Waals surface area (Å²) < 4.78 is 5.70. The maximum atomic E-state index is 13.3. The van der Waals surface area contributed by atoms with Crippen molar-refractivity contribution in [1.29, 1.82) is 0 Å². The number of aliphatic hydroxyl groups is 3. The molecule has 4 amide bonds. The first-order valence-corrected chi connectivity index (χ1v) is 8.96. The monoisotopic (exact) mass is 392 g/mol. The summed E-state index contributed by atoms with van der Waals surface area (Å²) in [6.07, 6.45) is -7.26. The second-order valence-electron chi connectivity index (χ2n) is 7.38. The van der Waals surface area contributed by atoms with Crippen LogP contribution in [0.5, 0.6) is 0 Å². The zero-order valence-corrected chi connectivity index (χ0v) is 15.8. The standard InChI is InChI=1S/C19H24N2O7/c1-10-12(22)13(23)14(24)15(28-10)19(9-11-7-5-4-6-8-11)16(25)20(2)18(27)21(3)17(19)26/h4-8,10,12-15,22-24H,9H2,1-3H3/t10-,12+,13+,14-,15?/m1/s1. The van der Waals surface area contributed by atoms with E-state index in [0.29, 0.717) is 5.56 Å². The molecular formula is C19H24N2O7. The Labute approximate surface area is 162 Å². The van der Waals surface area contributed by atoms with Crippen LogP contribution in [0.25, 0.3) is 0 Å². The molecule has 2 aliphatic rings. The van der Waals surface area contributed by atoms with Crippen molar-refractivity contribution in [2.24, 2.45) is 5.41 Å². The molecule has 9 nitrogen and oxygen atoms in total. The number of aliphatic hydroxyl groups excluding tert-OH is 3. The zero-order valence-electron chi connectivity index (χ0n) is 15.8. The average Bonchev–Trinajstić information content (AvgIpc) is 2.70. The SMILES string of the molecule is C[C@H]1OC(C2(Cc3ccccc3)C(=O)N(C)C(=O)N(C)C2=O)[C@H](O)[C@@H](O)[C@H]1O. The lowest BCUT2D eigenvalue weighted by Gasteiger charge is -2.50. The molecule has 1 aromatic carbocycles. The Balaban J connectivity index is 2.16. The van der Waals surface area contributed by atoms with E-state index in [1.165, 1.54) is 21.0 Å². The molecule has 0 bridgehead atoms. The fourth-order valence-electron chi connectivity index (χ4n) is 3.96. The molecule has 152 valence electrons. The predicted molar refractivity (Wildman–Crippen MR) is 95.9 cm³/mol. The highest BCUT2D eigenvalue weighted by Gasteiger charge is 2.64. The highest BCUT2D eigenvalue weighted by atomic mass is 16.5. The van der Waals surface area contributed by atoms with Crippen molar-refractivity contribution in [3.8, 4) is 0 Å². The van der Waals surface area contributed by atoms with Crippen molar-refractivity contribution in [3.63, 3.8) is 0 Å². The number of barbiturate groups is 1. The normalized spacial score (nSPS) is 33.4. The van der Waals surface area contributed by atoms with Gasteiger partial charge in [-0.05, 0) is 18.9 Å². The molecule has 2 fully saturated rings. The third-order valence-corrected chi connectivity index (χ3v) is 5.61. The van der Waals surface area contributed by atoms with E-state index >= 15 is 0 Å². The van der Waals surface area contributed by atoms with Gasteiger partial charge in [-0.2, -0.15) is 0 Å². The molecule has 0 saturated carbocycles. The van der Waals surface area contributed by atoms with Crippen LogP contribution in [0.15, 0.2) is 30.3 Å². The van der Waals surface area contributed by atoms with Gasteiger partial charge in [0.2, 0.25) is 11.8 Å². The van der Waals surface area contributed by atoms with Crippen molar-refractivity contribution >= 4 is 17.8 Å². The second-order valence-corrected chi connectivity index (χ2v) is 7.38. The van der Waals surface area contributed by atoms with E-state index in [-0.39, 0.29) is 6.42 Å². The van der Waals surface area contributed by atoms with Crippen LogP contribution < -0.4 is 0 Å². The van der Waals surface area contributed by atoms with Gasteiger partial charge in [-0.15, -0.1) is 0 Å². The number of amides is 4. The fraction of sp³-hybridized carbons (Fsp3) is 0.526. The van der Waals surface area contributed by atoms with Crippen LogP contribution >= 0.6 is 0 Å². The Morgan fingerprint density at radius 2 is 1.46 bits per heavy atom. The van der Waals surface area contributed by atoms with Gasteiger partial charge in [0.1, 0.15) is 24.4 Å². The minimum atomic E-state index is -1.98. The molecule has 1 aromatic rings. The van der Waals surface area contributed by atoms with Crippen LogP contribution in [0, 0.1) is 5.41 Å². The van der Waals surface area contributed by atoms with E-state index in [0.717, 1.165) is 9.80 Å². The summed E-state index contributed by atoms with van der Waals surface area (Å²) in [6.45, 7) is 1.47. The third kappa shape index (κ3) is 2.91. The number of imide groups is 2. The van der Waals surface area contributed by atoms with Crippen LogP contribution in [0.1, 0.15) is 12.5 Å². The highest BCUT2D eigenvalue weighted by molar-refractivity contribution is 6.19. The van der Waals surface area contributed by atoms with Gasteiger partial charge in [-0.3, -0.25) is 19.4 Å². The van der Waals surface area contributed by atoms with Gasteiger partial charge < -0.3 is 20.1 Å². The molecule has 0 aromatic heterocycles. The van der Waals surface area contributed by atoms with Gasteiger partial charge in [0.25, 0.3) is 0 Å². The zero-order chi connectivity index (χ0) is 20.8. The van der Waals surface area contributed by atoms with Crippen molar-refractivity contribution in [2.45, 2.75) is 43.9 Å². The summed E-state index contributed by atoms with van der Waals surface area (Å²) in [4.78, 5) is 40.4. The van der Waals surface area contributed by atoms with Crippen molar-refractivity contribution in [3.05, 3.63) is 35.9 Å². The Kier molecular flexibility index (Phi) is 5.28. The summed E-state index contributed by atoms with van der Waals surface area (Å²) in [5.74, 6) is -1.66. The molecule has 0 radical (unpaired) electrons. The fourth-order valence-corrected chi connectivity index (χ4v) is 3.96. The summed E-state index contributed by atoms with van der Waals surface area (Å²) in [5, 5.41) is 30.9. The Bertz CT molecular complexity index is 760. The number of carbonyl (C=O) groups excluding carboxylic acids is 3. The maximum Gasteiger partial charge on any atom is 0.332 e. The van der Waals surface area contributed by atoms with Crippen LogP contribution in [0.2, 0.25) is 0 Å². The molecule has 3 rings (SSSR count). The van der Waals surface area contributed by atoms with E-state index < -0.39 is 53.8 Å². The van der Waals surface area contributed by atoms with Gasteiger partial charge in [0.05, 0.1) is 6.10 Å². The number of benzene rings is 1. The first kappa shape index (κ1) is 20.4. The number of carbonyl (C=O) groups is 3. The Morgan fingerprint density at radius 1 is 0.929 bits per heavy atom. The molecule has 28 heavy (non-hydrogen) atoms. The van der Waals surface area contributed by atoms with E-state index in [9.17, 15) is 29.7 Å². The van der Waals surface area contributed by atoms with Crippen LogP contribution in [0.4, 0.5) is 4.79 Å². The quantitative estimate of drug-likeness (QED) is 0.571. The molecule has 9 heteroatoms. The van der Waals surface area contributed by atoms with Gasteiger partial charge in [0.15, 0.2) is 5.41 Å². The predicted octanol–water partition coefficient (Wildman–Crippen LogP) is -0.864. The number of rotatable bonds is 3. The summed E-state index contributed by atoms with van der Waals surface area (Å²) in [6, 6.07) is 7.87. The Morgan fingerprint density at radius 3 is 2.00 bits per heavy atom. The summed E-state index contributed by atoms with van der Waals surface area (Å²) in [5.41, 5.74) is -1.36. The average molecular weight is 392 g/mol. The topological polar surface area (TPSA) is 128 Å². The molecule has 3 N–H and O–H groups in total. The number of urea groups is 1. The lowest BCUT2D eigenvalue weighted by atomic mass is 9.69. The van der Waals surface area contributed by atoms with E-state index in [2.05, 4.69) is 0 Å². The maximum absolute atomic E-state index is 13.3. The molecule has 2 heterocycles. The van der Waals surface area contributed by atoms with Crippen LogP contribution in [-0.4, -0.2) is 87.6 Å². The molecule has 2 aliphatic heterocycles. The van der Waals surface area contributed by atoms with Crippen LogP contribution in [0.3, 0.4) is 0 Å². The number of nitrogens with zero attached hydrogens (tertiary/aromatic N) is 2. The highest BCUT2D eigenvalue weighted by Crippen LogP contribution is 2.42. The molecule has 0 aliphatic carbocycles. The Hall–Kier alpha value is -2.33. The number of hydrogen-bond acceptors (Lipinski definition) is 7. The van der Waals surface area contributed by atoms with Crippen molar-refractivity contribution in [1.82, 2.24) is 9.80 Å². The van der Waals surface area contributed by atoms with Gasteiger partial charge in [-0.1, -0.05) is 30.3 Å². The van der Waals surface area contributed by atoms with Crippen LogP contribution in [-0.2, 0) is 20.7 Å². The molecule has 2 saturated heterocycles. The molecule has 0 spiro atoms. The number of ether oxygens (including phenoxy) is 1. The lowest BCUT2D eigenvalue weighted by Crippen LogP contribution is -2.73. The summed E-state index contributed by atoms with van der Waals surface area (Å²) >= 11 is 0. The van der Waals surface area contributed by atoms with E-state index in [4.69, 9.17) is 4.74 Å².